The van der Waals surface area contributed by atoms with Gasteiger partial charge in [-0.1, -0.05) is 152 Å². The van der Waals surface area contributed by atoms with Crippen LogP contribution in [0.3, 0.4) is 0 Å². The lowest BCUT2D eigenvalue weighted by atomic mass is 9.95. The molecule has 0 saturated heterocycles. The molecule has 1 aromatic heterocycles. The molecular weight excluding hydrogens is 583 g/mol. The number of nitrogens with zero attached hydrogens (tertiary/aromatic N) is 1. The molecule has 48 heavy (non-hydrogen) atoms. The van der Waals surface area contributed by atoms with Crippen molar-refractivity contribution in [2.75, 3.05) is 4.90 Å². The summed E-state index contributed by atoms with van der Waals surface area (Å²) in [6.07, 6.45) is 0. The minimum absolute atomic E-state index is 0.878. The Labute approximate surface area is 279 Å². The molecule has 226 valence electrons. The fraction of sp³-hybridized carbons (Fsp3) is 0. The molecule has 0 spiro atoms. The Morgan fingerprint density at radius 1 is 0.375 bits per heavy atom. The number of fused-ring (bicyclic) bond motifs is 5. The van der Waals surface area contributed by atoms with Crippen molar-refractivity contribution >= 4 is 49.8 Å². The maximum Gasteiger partial charge on any atom is 0.145 e. The molecule has 9 rings (SSSR count). The largest absolute Gasteiger partial charge is 0.455 e. The number of hydrogen-bond acceptors (Lipinski definition) is 2. The summed E-state index contributed by atoms with van der Waals surface area (Å²) in [5, 5.41) is 4.45. The van der Waals surface area contributed by atoms with Crippen molar-refractivity contribution in [2.45, 2.75) is 0 Å². The van der Waals surface area contributed by atoms with E-state index in [1.165, 1.54) is 27.8 Å². The predicted octanol–water partition coefficient (Wildman–Crippen LogP) is 13.2. The molecule has 0 N–H and O–H groups in total. The molecule has 0 aliphatic heterocycles. The van der Waals surface area contributed by atoms with Gasteiger partial charge in [-0.05, 0) is 75.2 Å². The quantitative estimate of drug-likeness (QED) is 0.185. The molecule has 0 saturated carbocycles. The van der Waals surface area contributed by atoms with Crippen LogP contribution in [0.25, 0.3) is 66.1 Å². The molecule has 1 heterocycles. The van der Waals surface area contributed by atoms with Gasteiger partial charge in [-0.15, -0.1) is 0 Å². The second-order valence-electron chi connectivity index (χ2n) is 12.1. The highest BCUT2D eigenvalue weighted by Crippen LogP contribution is 2.48. The van der Waals surface area contributed by atoms with Crippen molar-refractivity contribution in [1.29, 1.82) is 0 Å². The van der Waals surface area contributed by atoms with E-state index in [4.69, 9.17) is 4.42 Å². The van der Waals surface area contributed by atoms with Crippen LogP contribution in [0.4, 0.5) is 17.1 Å². The number of rotatable bonds is 6. The zero-order valence-corrected chi connectivity index (χ0v) is 26.3. The van der Waals surface area contributed by atoms with Gasteiger partial charge in [0.05, 0.1) is 11.1 Å². The van der Waals surface area contributed by atoms with Crippen molar-refractivity contribution in [3.63, 3.8) is 0 Å². The van der Waals surface area contributed by atoms with Gasteiger partial charge in [-0.2, -0.15) is 0 Å². The van der Waals surface area contributed by atoms with E-state index in [1.54, 1.807) is 0 Å². The number of furan rings is 1. The van der Waals surface area contributed by atoms with Crippen LogP contribution in [0.1, 0.15) is 0 Å². The highest BCUT2D eigenvalue weighted by molar-refractivity contribution is 6.24. The van der Waals surface area contributed by atoms with E-state index in [0.717, 1.165) is 55.3 Å². The van der Waals surface area contributed by atoms with Crippen LogP contribution >= 0.6 is 0 Å². The average molecular weight is 614 g/mol. The van der Waals surface area contributed by atoms with E-state index < -0.39 is 0 Å². The van der Waals surface area contributed by atoms with Crippen molar-refractivity contribution in [3.8, 4) is 33.4 Å². The van der Waals surface area contributed by atoms with Gasteiger partial charge in [0.15, 0.2) is 0 Å². The van der Waals surface area contributed by atoms with E-state index in [-0.39, 0.29) is 0 Å². The zero-order chi connectivity index (χ0) is 31.9. The van der Waals surface area contributed by atoms with E-state index in [0.29, 0.717) is 0 Å². The molecule has 0 bridgehead atoms. The van der Waals surface area contributed by atoms with E-state index >= 15 is 0 Å². The molecule has 8 aromatic carbocycles. The van der Waals surface area contributed by atoms with Crippen molar-refractivity contribution in [1.82, 2.24) is 0 Å². The first-order valence-corrected chi connectivity index (χ1v) is 16.4. The summed E-state index contributed by atoms with van der Waals surface area (Å²) in [6.45, 7) is 0. The summed E-state index contributed by atoms with van der Waals surface area (Å²) in [5.41, 5.74) is 12.1. The average Bonchev–Trinajstić information content (AvgIpc) is 3.56. The predicted molar refractivity (Wildman–Crippen MR) is 202 cm³/mol. The maximum atomic E-state index is 6.82. The molecule has 2 heteroatoms. The third kappa shape index (κ3) is 4.83. The number of para-hydroxylation sites is 1. The Bertz CT molecular complexity index is 2430. The topological polar surface area (TPSA) is 16.4 Å². The van der Waals surface area contributed by atoms with Gasteiger partial charge in [0.25, 0.3) is 0 Å². The zero-order valence-electron chi connectivity index (χ0n) is 26.3. The SMILES string of the molecule is c1ccc(-c2ccc(N(c3ccc(-c4ccccc4)cc3)c3cc4cccc(-c5ccccc5)c4c4oc5ccccc5c34)cc2)cc1. The molecule has 0 aliphatic rings. The smallest absolute Gasteiger partial charge is 0.145 e. The Hall–Kier alpha value is -6.38. The van der Waals surface area contributed by atoms with Crippen molar-refractivity contribution in [3.05, 3.63) is 188 Å². The van der Waals surface area contributed by atoms with Gasteiger partial charge in [0, 0.05) is 22.1 Å². The summed E-state index contributed by atoms with van der Waals surface area (Å²) in [7, 11) is 0. The van der Waals surface area contributed by atoms with E-state index in [1.807, 2.05) is 6.07 Å². The summed E-state index contributed by atoms with van der Waals surface area (Å²) in [6, 6.07) is 66.8. The van der Waals surface area contributed by atoms with Crippen LogP contribution in [0.15, 0.2) is 192 Å². The van der Waals surface area contributed by atoms with Crippen molar-refractivity contribution < 1.29 is 4.42 Å². The minimum atomic E-state index is 0.878. The van der Waals surface area contributed by atoms with Crippen LogP contribution in [0, 0.1) is 0 Å². The Balaban J connectivity index is 1.31. The van der Waals surface area contributed by atoms with Gasteiger partial charge in [0.2, 0.25) is 0 Å². The molecule has 0 radical (unpaired) electrons. The summed E-state index contributed by atoms with van der Waals surface area (Å²) < 4.78 is 6.82. The summed E-state index contributed by atoms with van der Waals surface area (Å²) >= 11 is 0. The fourth-order valence-electron chi connectivity index (χ4n) is 6.97. The molecule has 0 unspecified atom stereocenters. The van der Waals surface area contributed by atoms with Crippen LogP contribution in [0.2, 0.25) is 0 Å². The second kappa shape index (κ2) is 11.8. The van der Waals surface area contributed by atoms with Gasteiger partial charge < -0.3 is 9.32 Å². The van der Waals surface area contributed by atoms with E-state index in [2.05, 4.69) is 187 Å². The van der Waals surface area contributed by atoms with Gasteiger partial charge in [-0.3, -0.25) is 0 Å². The molecule has 0 aliphatic carbocycles. The third-order valence-corrected chi connectivity index (χ3v) is 9.26. The number of hydrogen-bond donors (Lipinski definition) is 0. The first-order valence-electron chi connectivity index (χ1n) is 16.4. The first kappa shape index (κ1) is 27.9. The number of benzene rings is 8. The molecule has 0 amide bonds. The standard InChI is InChI=1S/C46H31NO/c1-4-13-32(14-5-1)34-23-27-38(28-24-34)47(39-29-25-35(26-30-39)33-15-6-2-7-16-33)42-31-37-19-12-21-40(36-17-8-3-9-18-36)44(37)46-45(42)41-20-10-11-22-43(41)48-46/h1-31H. The lowest BCUT2D eigenvalue weighted by Crippen LogP contribution is -2.10. The maximum absolute atomic E-state index is 6.82. The first-order chi connectivity index (χ1) is 23.8. The third-order valence-electron chi connectivity index (χ3n) is 9.26. The molecular formula is C46H31NO. The second-order valence-corrected chi connectivity index (χ2v) is 12.1. The summed E-state index contributed by atoms with van der Waals surface area (Å²) in [5.74, 6) is 0. The molecule has 0 fully saturated rings. The van der Waals surface area contributed by atoms with Crippen LogP contribution in [-0.2, 0) is 0 Å². The molecule has 2 nitrogen and oxygen atoms in total. The van der Waals surface area contributed by atoms with Gasteiger partial charge in [0.1, 0.15) is 11.2 Å². The molecule has 0 atom stereocenters. The van der Waals surface area contributed by atoms with Gasteiger partial charge >= 0.3 is 0 Å². The van der Waals surface area contributed by atoms with Crippen LogP contribution in [0.5, 0.6) is 0 Å². The Morgan fingerprint density at radius 3 is 1.46 bits per heavy atom. The normalized spacial score (nSPS) is 11.3. The van der Waals surface area contributed by atoms with Gasteiger partial charge in [-0.25, -0.2) is 0 Å². The fourth-order valence-corrected chi connectivity index (χ4v) is 6.97. The lowest BCUT2D eigenvalue weighted by Gasteiger charge is -2.27. The summed E-state index contributed by atoms with van der Waals surface area (Å²) in [4.78, 5) is 2.38. The monoisotopic (exact) mass is 613 g/mol. The minimum Gasteiger partial charge on any atom is -0.455 e. The Morgan fingerprint density at radius 2 is 0.875 bits per heavy atom. The van der Waals surface area contributed by atoms with Crippen molar-refractivity contribution in [2.24, 2.45) is 0 Å². The Kier molecular flexibility index (Phi) is 6.84. The molecule has 9 aromatic rings. The van der Waals surface area contributed by atoms with E-state index in [9.17, 15) is 0 Å². The van der Waals surface area contributed by atoms with Crippen LogP contribution in [-0.4, -0.2) is 0 Å². The number of anilines is 3. The highest BCUT2D eigenvalue weighted by Gasteiger charge is 2.23. The highest BCUT2D eigenvalue weighted by atomic mass is 16.3. The van der Waals surface area contributed by atoms with Crippen LogP contribution < -0.4 is 4.90 Å². The lowest BCUT2D eigenvalue weighted by molar-refractivity contribution is 0.673.